The minimum Gasteiger partial charge on any atom is -0.492 e. The van der Waals surface area contributed by atoms with E-state index in [0.717, 1.165) is 5.56 Å². The summed E-state index contributed by atoms with van der Waals surface area (Å²) in [4.78, 5) is 0.0392. The summed E-state index contributed by atoms with van der Waals surface area (Å²) in [5.41, 5.74) is 0.792. The van der Waals surface area contributed by atoms with Gasteiger partial charge in [0, 0.05) is 23.0 Å². The van der Waals surface area contributed by atoms with E-state index in [1.54, 1.807) is 13.0 Å². The third kappa shape index (κ3) is 3.00. The lowest BCUT2D eigenvalue weighted by molar-refractivity contribution is 0.348. The van der Waals surface area contributed by atoms with Crippen molar-refractivity contribution in [3.05, 3.63) is 22.7 Å². The highest BCUT2D eigenvalue weighted by Crippen LogP contribution is 2.35. The number of sulfonamides is 1. The number of halogens is 1. The van der Waals surface area contributed by atoms with Gasteiger partial charge in [0.25, 0.3) is 0 Å². The maximum absolute atomic E-state index is 12.3. The van der Waals surface area contributed by atoms with Crippen LogP contribution in [-0.4, -0.2) is 21.1 Å². The van der Waals surface area contributed by atoms with Gasteiger partial charge in [-0.3, -0.25) is 0 Å². The standard InChI is InChI=1S/C12H13ClN2O3S/c1-8(2-4-14)15-19(16,17)11-7-10(13)6-9-3-5-18-12(9)11/h6-8,15H,2-3,5H2,1H3/t8-/m1/s1. The van der Waals surface area contributed by atoms with Gasteiger partial charge in [0.2, 0.25) is 10.0 Å². The lowest BCUT2D eigenvalue weighted by atomic mass is 10.2. The van der Waals surface area contributed by atoms with Crippen LogP contribution in [0.1, 0.15) is 18.9 Å². The molecule has 0 bridgehead atoms. The molecule has 1 atom stereocenters. The van der Waals surface area contributed by atoms with Crippen LogP contribution in [0.5, 0.6) is 5.75 Å². The topological polar surface area (TPSA) is 79.2 Å². The minimum atomic E-state index is -3.74. The van der Waals surface area contributed by atoms with E-state index in [1.807, 2.05) is 6.07 Å². The van der Waals surface area contributed by atoms with Gasteiger partial charge in [-0.2, -0.15) is 5.26 Å². The van der Waals surface area contributed by atoms with Gasteiger partial charge < -0.3 is 4.74 Å². The summed E-state index contributed by atoms with van der Waals surface area (Å²) in [7, 11) is -3.74. The molecule has 0 radical (unpaired) electrons. The van der Waals surface area contributed by atoms with E-state index < -0.39 is 16.1 Å². The second-order valence-electron chi connectivity index (χ2n) is 4.38. The maximum atomic E-state index is 12.3. The first-order valence-electron chi connectivity index (χ1n) is 5.78. The van der Waals surface area contributed by atoms with Crippen molar-refractivity contribution >= 4 is 21.6 Å². The number of hydrogen-bond donors (Lipinski definition) is 1. The lowest BCUT2D eigenvalue weighted by Crippen LogP contribution is -2.32. The largest absolute Gasteiger partial charge is 0.492 e. The van der Waals surface area contributed by atoms with Crippen LogP contribution in [0.2, 0.25) is 5.02 Å². The van der Waals surface area contributed by atoms with Crippen LogP contribution in [0.25, 0.3) is 0 Å². The Hall–Kier alpha value is -1.29. The highest BCUT2D eigenvalue weighted by molar-refractivity contribution is 7.89. The van der Waals surface area contributed by atoms with E-state index >= 15 is 0 Å². The van der Waals surface area contributed by atoms with Crippen molar-refractivity contribution in [2.75, 3.05) is 6.61 Å². The van der Waals surface area contributed by atoms with Crippen molar-refractivity contribution in [2.24, 2.45) is 0 Å². The van der Waals surface area contributed by atoms with Crippen molar-refractivity contribution in [3.8, 4) is 11.8 Å². The lowest BCUT2D eigenvalue weighted by Gasteiger charge is -2.14. The molecule has 0 saturated carbocycles. The summed E-state index contributed by atoms with van der Waals surface area (Å²) in [5, 5.41) is 8.93. The molecule has 1 aliphatic rings. The third-order valence-electron chi connectivity index (χ3n) is 2.76. The van der Waals surface area contributed by atoms with Gasteiger partial charge in [-0.25, -0.2) is 13.1 Å². The predicted octanol–water partition coefficient (Wildman–Crippen LogP) is 1.86. The van der Waals surface area contributed by atoms with E-state index in [1.165, 1.54) is 6.07 Å². The van der Waals surface area contributed by atoms with Crippen LogP contribution in [0.15, 0.2) is 17.0 Å². The van der Waals surface area contributed by atoms with Crippen molar-refractivity contribution < 1.29 is 13.2 Å². The molecule has 5 nitrogen and oxygen atoms in total. The average Bonchev–Trinajstić information content (AvgIpc) is 2.74. The van der Waals surface area contributed by atoms with Gasteiger partial charge in [0.1, 0.15) is 10.6 Å². The molecule has 0 amide bonds. The Bertz CT molecular complexity index is 637. The molecular formula is C12H13ClN2O3S. The molecule has 1 N–H and O–H groups in total. The average molecular weight is 301 g/mol. The molecule has 0 unspecified atom stereocenters. The van der Waals surface area contributed by atoms with Gasteiger partial charge in [-0.1, -0.05) is 11.6 Å². The van der Waals surface area contributed by atoms with Crippen molar-refractivity contribution in [1.29, 1.82) is 5.26 Å². The molecular weight excluding hydrogens is 288 g/mol. The highest BCUT2D eigenvalue weighted by atomic mass is 35.5. The Morgan fingerprint density at radius 2 is 2.32 bits per heavy atom. The summed E-state index contributed by atoms with van der Waals surface area (Å²) in [6, 6.07) is 4.53. The third-order valence-corrected chi connectivity index (χ3v) is 4.57. The van der Waals surface area contributed by atoms with Gasteiger partial charge in [-0.15, -0.1) is 0 Å². The van der Waals surface area contributed by atoms with Gasteiger partial charge >= 0.3 is 0 Å². The van der Waals surface area contributed by atoms with Gasteiger partial charge in [-0.05, 0) is 19.1 Å². The van der Waals surface area contributed by atoms with E-state index in [4.69, 9.17) is 21.6 Å². The fraction of sp³-hybridized carbons (Fsp3) is 0.417. The summed E-state index contributed by atoms with van der Waals surface area (Å²) < 4.78 is 32.4. The Morgan fingerprint density at radius 3 is 3.00 bits per heavy atom. The summed E-state index contributed by atoms with van der Waals surface area (Å²) in [6.07, 6.45) is 0.745. The van der Waals surface area contributed by atoms with Crippen LogP contribution < -0.4 is 9.46 Å². The normalized spacial score (nSPS) is 15.4. The number of benzene rings is 1. The molecule has 1 heterocycles. The number of nitriles is 1. The molecule has 0 spiro atoms. The summed E-state index contributed by atoms with van der Waals surface area (Å²) in [6.45, 7) is 2.08. The van der Waals surface area contributed by atoms with E-state index in [0.29, 0.717) is 23.8 Å². The molecule has 102 valence electrons. The SMILES string of the molecule is C[C@H](CC#N)NS(=O)(=O)c1cc(Cl)cc2c1OCC2. The Morgan fingerprint density at radius 1 is 1.58 bits per heavy atom. The molecule has 1 aliphatic heterocycles. The first-order valence-corrected chi connectivity index (χ1v) is 7.64. The van der Waals surface area contributed by atoms with Crippen molar-refractivity contribution in [2.45, 2.75) is 30.7 Å². The van der Waals surface area contributed by atoms with E-state index in [9.17, 15) is 8.42 Å². The van der Waals surface area contributed by atoms with Crippen LogP contribution in [0.4, 0.5) is 0 Å². The van der Waals surface area contributed by atoms with E-state index in [-0.39, 0.29) is 11.3 Å². The zero-order valence-corrected chi connectivity index (χ0v) is 11.9. The van der Waals surface area contributed by atoms with Gasteiger partial charge in [0.05, 0.1) is 19.1 Å². The van der Waals surface area contributed by atoms with Gasteiger partial charge in [0.15, 0.2) is 0 Å². The van der Waals surface area contributed by atoms with Crippen molar-refractivity contribution in [3.63, 3.8) is 0 Å². The predicted molar refractivity (Wildman–Crippen MR) is 70.7 cm³/mol. The summed E-state index contributed by atoms with van der Waals surface area (Å²) in [5.74, 6) is 0.362. The monoisotopic (exact) mass is 300 g/mol. The molecule has 0 aliphatic carbocycles. The Labute approximate surface area is 117 Å². The first kappa shape index (κ1) is 14.1. The Balaban J connectivity index is 2.39. The van der Waals surface area contributed by atoms with Crippen LogP contribution >= 0.6 is 11.6 Å². The maximum Gasteiger partial charge on any atom is 0.244 e. The second-order valence-corrected chi connectivity index (χ2v) is 6.49. The molecule has 1 aromatic carbocycles. The molecule has 2 rings (SSSR count). The molecule has 0 saturated heterocycles. The smallest absolute Gasteiger partial charge is 0.244 e. The highest BCUT2D eigenvalue weighted by Gasteiger charge is 2.27. The quantitative estimate of drug-likeness (QED) is 0.920. The summed E-state index contributed by atoms with van der Waals surface area (Å²) >= 11 is 5.93. The molecule has 7 heteroatoms. The van der Waals surface area contributed by atoms with Crippen LogP contribution in [0, 0.1) is 11.3 Å². The second kappa shape index (κ2) is 5.37. The van der Waals surface area contributed by atoms with Crippen LogP contribution in [-0.2, 0) is 16.4 Å². The number of rotatable bonds is 4. The zero-order valence-electron chi connectivity index (χ0n) is 10.3. The number of nitrogens with zero attached hydrogens (tertiary/aromatic N) is 1. The Kier molecular flexibility index (Phi) is 3.99. The van der Waals surface area contributed by atoms with Crippen molar-refractivity contribution in [1.82, 2.24) is 4.72 Å². The zero-order chi connectivity index (χ0) is 14.0. The molecule has 19 heavy (non-hydrogen) atoms. The first-order chi connectivity index (χ1) is 8.94. The van der Waals surface area contributed by atoms with E-state index in [2.05, 4.69) is 4.72 Å². The number of ether oxygens (including phenoxy) is 1. The fourth-order valence-corrected chi connectivity index (χ4v) is 3.70. The molecule has 0 aromatic heterocycles. The molecule has 1 aromatic rings. The fourth-order valence-electron chi connectivity index (χ4n) is 1.94. The minimum absolute atomic E-state index is 0.0392. The number of nitrogens with one attached hydrogen (secondary N) is 1. The molecule has 0 fully saturated rings. The number of hydrogen-bond acceptors (Lipinski definition) is 4. The van der Waals surface area contributed by atoms with Crippen LogP contribution in [0.3, 0.4) is 0 Å². The number of fused-ring (bicyclic) bond motifs is 1.